The van der Waals surface area contributed by atoms with Gasteiger partial charge in [0.2, 0.25) is 0 Å². The molecule has 1 aliphatic rings. The number of hydrogen-bond acceptors (Lipinski definition) is 4. The molecule has 0 aliphatic heterocycles. The summed E-state index contributed by atoms with van der Waals surface area (Å²) in [5.41, 5.74) is 1.01. The summed E-state index contributed by atoms with van der Waals surface area (Å²) in [4.78, 5) is 0. The van der Waals surface area contributed by atoms with Gasteiger partial charge in [0.25, 0.3) is 10.1 Å². The Labute approximate surface area is 151 Å². The molecule has 9 heteroatoms. The van der Waals surface area contributed by atoms with Crippen LogP contribution >= 0.6 is 0 Å². The summed E-state index contributed by atoms with van der Waals surface area (Å²) in [6.07, 6.45) is 0.803. The van der Waals surface area contributed by atoms with E-state index in [2.05, 4.69) is 30.7 Å². The maximum absolute atomic E-state index is 11.0. The summed E-state index contributed by atoms with van der Waals surface area (Å²) in [6, 6.07) is 7.56. The number of aliphatic hydroxyl groups is 1. The molecule has 0 radical (unpaired) electrons. The van der Waals surface area contributed by atoms with Crippen molar-refractivity contribution in [1.82, 2.24) is 0 Å². The molecule has 0 fully saturated rings. The second-order valence-electron chi connectivity index (χ2n) is 4.10. The maximum atomic E-state index is 11.0. The van der Waals surface area contributed by atoms with E-state index in [1.54, 1.807) is 0 Å². The first-order valence-electron chi connectivity index (χ1n) is 5.91. The zero-order valence-electron chi connectivity index (χ0n) is 12.4. The molecule has 1 aromatic rings. The molecule has 1 unspecified atom stereocenters. The van der Waals surface area contributed by atoms with Crippen molar-refractivity contribution in [2.45, 2.75) is 18.4 Å². The molecule has 0 saturated heterocycles. The van der Waals surface area contributed by atoms with Crippen molar-refractivity contribution < 1.29 is 49.0 Å². The molecule has 24 heavy (non-hydrogen) atoms. The molecule has 7 nitrogen and oxygen atoms in total. The van der Waals surface area contributed by atoms with Crippen molar-refractivity contribution in [3.63, 3.8) is 0 Å². The summed E-state index contributed by atoms with van der Waals surface area (Å²) < 4.78 is 49.2. The largest absolute Gasteiger partial charge is 6.00 e. The predicted octanol–water partition coefficient (Wildman–Crippen LogP) is 1.20. The first-order valence-corrected chi connectivity index (χ1v) is 7.38. The van der Waals surface area contributed by atoms with Gasteiger partial charge in [-0.3, -0.25) is 4.18 Å². The summed E-state index contributed by atoms with van der Waals surface area (Å²) in [6.45, 7) is 16.6. The Kier molecular flexibility index (Phi) is 16.0. The van der Waals surface area contributed by atoms with Crippen LogP contribution in [0.1, 0.15) is 17.5 Å². The van der Waals surface area contributed by atoms with Crippen molar-refractivity contribution >= 4 is 10.1 Å². The minimum Gasteiger partial charge on any atom is 6.00 e. The van der Waals surface area contributed by atoms with E-state index in [9.17, 15) is 13.5 Å². The van der Waals surface area contributed by atoms with E-state index < -0.39 is 15.7 Å². The number of benzene rings is 1. The van der Waals surface area contributed by atoms with Crippen molar-refractivity contribution in [3.8, 4) is 0 Å². The molecule has 0 spiro atoms. The third-order valence-electron chi connectivity index (χ3n) is 2.97. The quantitative estimate of drug-likeness (QED) is 0.461. The minimum absolute atomic E-state index is 0. The van der Waals surface area contributed by atoms with E-state index >= 15 is 0 Å². The summed E-state index contributed by atoms with van der Waals surface area (Å²) in [5.74, 6) is 0. The maximum Gasteiger partial charge on any atom is 6.00 e. The van der Waals surface area contributed by atoms with Crippen molar-refractivity contribution in [3.05, 3.63) is 67.3 Å². The van der Waals surface area contributed by atoms with Gasteiger partial charge in [0, 0.05) is 12.8 Å². The Morgan fingerprint density at radius 1 is 1.21 bits per heavy atom. The monoisotopic (exact) mass is 390 g/mol. The van der Waals surface area contributed by atoms with Gasteiger partial charge in [-0.1, -0.05) is 30.8 Å². The minimum atomic E-state index is -3.65. The van der Waals surface area contributed by atoms with E-state index in [-0.39, 0.29) is 30.4 Å². The summed E-state index contributed by atoms with van der Waals surface area (Å²) in [7, 11) is -3.65. The second-order valence-corrected chi connectivity index (χ2v) is 5.65. The third kappa shape index (κ3) is 7.91. The van der Waals surface area contributed by atoms with Crippen LogP contribution in [0, 0.1) is 20.0 Å². The Balaban J connectivity index is -0.000000569. The number of fused-ring (bicyclic) bond motifs is 1. The third-order valence-corrected chi connectivity index (χ3v) is 3.87. The van der Waals surface area contributed by atoms with Crippen LogP contribution < -0.4 is 0 Å². The number of hydrogen-bond donors (Lipinski definition) is 1. The average Bonchev–Trinajstić information content (AvgIpc) is 2.59. The Bertz CT molecular complexity index is 650. The van der Waals surface area contributed by atoms with Gasteiger partial charge in [-0.15, -0.1) is 0 Å². The Morgan fingerprint density at radius 3 is 2.17 bits per heavy atom. The SMILES string of the molecule is C=CS(=O)(=O)OCCC1(O)Cc2ccccc21.[C-]#[O+].[C-]#[O+].[C-]#[O+].[Cr+6]. The van der Waals surface area contributed by atoms with Crippen molar-refractivity contribution in [2.75, 3.05) is 6.61 Å². The van der Waals surface area contributed by atoms with Crippen LogP contribution in [0.4, 0.5) is 0 Å². The van der Waals surface area contributed by atoms with Gasteiger partial charge in [-0.05, 0) is 11.1 Å². The molecule has 0 amide bonds. The van der Waals surface area contributed by atoms with Gasteiger partial charge in [0.05, 0.1) is 17.6 Å². The molecular formula is C15H14CrO7S+6. The molecule has 0 aromatic heterocycles. The molecular weight excluding hydrogens is 376 g/mol. The van der Waals surface area contributed by atoms with E-state index in [0.717, 1.165) is 16.5 Å². The van der Waals surface area contributed by atoms with E-state index in [0.29, 0.717) is 6.42 Å². The molecule has 2 rings (SSSR count). The van der Waals surface area contributed by atoms with Gasteiger partial charge < -0.3 is 5.11 Å². The van der Waals surface area contributed by atoms with Gasteiger partial charge >= 0.3 is 51.3 Å². The Hall–Kier alpha value is -1.42. The van der Waals surface area contributed by atoms with Crippen LogP contribution in [-0.2, 0) is 57.6 Å². The molecule has 0 bridgehead atoms. The van der Waals surface area contributed by atoms with E-state index in [1.807, 2.05) is 24.3 Å². The Morgan fingerprint density at radius 2 is 1.71 bits per heavy atom. The van der Waals surface area contributed by atoms with Gasteiger partial charge in [-0.25, -0.2) is 0 Å². The second kappa shape index (κ2) is 14.0. The molecule has 1 N–H and O–H groups in total. The van der Waals surface area contributed by atoms with E-state index in [4.69, 9.17) is 14.0 Å². The van der Waals surface area contributed by atoms with Gasteiger partial charge in [0.15, 0.2) is 0 Å². The van der Waals surface area contributed by atoms with Crippen molar-refractivity contribution in [1.29, 1.82) is 0 Å². The molecule has 1 atom stereocenters. The van der Waals surface area contributed by atoms with Crippen LogP contribution in [0.15, 0.2) is 36.3 Å². The van der Waals surface area contributed by atoms with Gasteiger partial charge in [0.1, 0.15) is 0 Å². The van der Waals surface area contributed by atoms with Crippen LogP contribution in [0.25, 0.3) is 0 Å². The summed E-state index contributed by atoms with van der Waals surface area (Å²) >= 11 is 0. The summed E-state index contributed by atoms with van der Waals surface area (Å²) in [5, 5.41) is 11.0. The molecule has 1 aliphatic carbocycles. The van der Waals surface area contributed by atoms with Crippen LogP contribution in [0.2, 0.25) is 0 Å². The topological polar surface area (TPSA) is 123 Å². The molecule has 0 heterocycles. The fourth-order valence-electron chi connectivity index (χ4n) is 2.03. The standard InChI is InChI=1S/C12H14O4S.3CO.Cr/c1-2-17(14,15)16-8-7-12(13)9-10-5-3-4-6-11(10)12;3*1-2;/h2-6,13H,1,7-9H2;;;;/q;;;;+6. The fraction of sp³-hybridized carbons (Fsp3) is 0.267. The van der Waals surface area contributed by atoms with Gasteiger partial charge in [-0.2, -0.15) is 8.42 Å². The number of rotatable bonds is 5. The first-order chi connectivity index (χ1) is 11.0. The molecule has 0 saturated carbocycles. The zero-order chi connectivity index (χ0) is 18.5. The van der Waals surface area contributed by atoms with Crippen molar-refractivity contribution in [2.24, 2.45) is 0 Å². The smallest absolute Gasteiger partial charge is 6.00 e. The molecule has 1 aromatic carbocycles. The zero-order valence-corrected chi connectivity index (χ0v) is 14.5. The van der Waals surface area contributed by atoms with E-state index in [1.165, 1.54) is 0 Å². The normalized spacial score (nSPS) is 16.3. The first kappa shape index (κ1) is 27.4. The van der Waals surface area contributed by atoms with Crippen LogP contribution in [-0.4, -0.2) is 20.1 Å². The average molecular weight is 390 g/mol. The van der Waals surface area contributed by atoms with Crippen LogP contribution in [0.5, 0.6) is 0 Å². The predicted molar refractivity (Wildman–Crippen MR) is 75.5 cm³/mol. The molecule has 122 valence electrons. The van der Waals surface area contributed by atoms with Crippen LogP contribution in [0.3, 0.4) is 0 Å². The fourth-order valence-corrected chi connectivity index (χ4v) is 2.44.